The summed E-state index contributed by atoms with van der Waals surface area (Å²) in [7, 11) is 0. The molecule has 0 aromatic carbocycles. The summed E-state index contributed by atoms with van der Waals surface area (Å²) in [6, 6.07) is 0.0937. The monoisotopic (exact) mass is 220 g/mol. The SMILES string of the molecule is FC(F)(F)C1(NC2CC3(CNC3)C2)CC1. The minimum Gasteiger partial charge on any atom is -0.316 e. The van der Waals surface area contributed by atoms with Crippen molar-refractivity contribution >= 4 is 0 Å². The highest BCUT2D eigenvalue weighted by Gasteiger charge is 2.65. The van der Waals surface area contributed by atoms with Crippen molar-refractivity contribution < 1.29 is 13.2 Å². The first kappa shape index (κ1) is 9.90. The molecule has 1 saturated heterocycles. The number of nitrogens with one attached hydrogen (secondary N) is 2. The lowest BCUT2D eigenvalue weighted by atomic mass is 9.61. The number of hydrogen-bond acceptors (Lipinski definition) is 2. The molecule has 2 nitrogen and oxygen atoms in total. The number of alkyl halides is 3. The fraction of sp³-hybridized carbons (Fsp3) is 1.00. The highest BCUT2D eigenvalue weighted by Crippen LogP contribution is 2.52. The summed E-state index contributed by atoms with van der Waals surface area (Å²) in [6.45, 7) is 1.98. The minimum atomic E-state index is -4.06. The lowest BCUT2D eigenvalue weighted by molar-refractivity contribution is -0.172. The first-order chi connectivity index (χ1) is 6.95. The van der Waals surface area contributed by atoms with Crippen LogP contribution in [0.4, 0.5) is 13.2 Å². The maximum atomic E-state index is 12.6. The van der Waals surface area contributed by atoms with Gasteiger partial charge in [-0.25, -0.2) is 0 Å². The van der Waals surface area contributed by atoms with Crippen molar-refractivity contribution in [3.05, 3.63) is 0 Å². The van der Waals surface area contributed by atoms with Crippen LogP contribution >= 0.6 is 0 Å². The third-order valence-corrected chi connectivity index (χ3v) is 4.13. The predicted octanol–water partition coefficient (Wildman–Crippen LogP) is 1.42. The molecule has 86 valence electrons. The van der Waals surface area contributed by atoms with Crippen LogP contribution in [0.1, 0.15) is 25.7 Å². The van der Waals surface area contributed by atoms with E-state index in [0.29, 0.717) is 5.41 Å². The number of hydrogen-bond donors (Lipinski definition) is 2. The Kier molecular flexibility index (Phi) is 1.77. The number of rotatable bonds is 2. The molecular formula is C10H15F3N2. The Balaban J connectivity index is 1.55. The van der Waals surface area contributed by atoms with Crippen LogP contribution in [0.2, 0.25) is 0 Å². The summed E-state index contributed by atoms with van der Waals surface area (Å²) in [5, 5.41) is 6.00. The molecule has 1 spiro atoms. The van der Waals surface area contributed by atoms with Gasteiger partial charge in [-0.2, -0.15) is 13.2 Å². The molecule has 5 heteroatoms. The Bertz CT molecular complexity index is 271. The van der Waals surface area contributed by atoms with E-state index in [2.05, 4.69) is 10.6 Å². The average Bonchev–Trinajstić information content (AvgIpc) is 2.70. The molecule has 3 rings (SSSR count). The van der Waals surface area contributed by atoms with Crippen molar-refractivity contribution in [3.8, 4) is 0 Å². The summed E-state index contributed by atoms with van der Waals surface area (Å²) in [5.41, 5.74) is -1.17. The second-order valence-electron chi connectivity index (χ2n) is 5.43. The zero-order valence-electron chi connectivity index (χ0n) is 8.45. The molecule has 0 amide bonds. The van der Waals surface area contributed by atoms with E-state index in [-0.39, 0.29) is 18.9 Å². The van der Waals surface area contributed by atoms with Crippen LogP contribution in [0.15, 0.2) is 0 Å². The normalized spacial score (nSPS) is 32.2. The Morgan fingerprint density at radius 3 is 2.07 bits per heavy atom. The van der Waals surface area contributed by atoms with Crippen molar-refractivity contribution in [2.75, 3.05) is 13.1 Å². The summed E-state index contributed by atoms with van der Waals surface area (Å²) < 4.78 is 37.9. The lowest BCUT2D eigenvalue weighted by Gasteiger charge is -2.55. The lowest BCUT2D eigenvalue weighted by Crippen LogP contribution is -2.67. The van der Waals surface area contributed by atoms with E-state index in [9.17, 15) is 13.2 Å². The summed E-state index contributed by atoms with van der Waals surface area (Å²) >= 11 is 0. The van der Waals surface area contributed by atoms with E-state index >= 15 is 0 Å². The molecule has 0 radical (unpaired) electrons. The van der Waals surface area contributed by atoms with Crippen molar-refractivity contribution in [1.29, 1.82) is 0 Å². The molecule has 0 atom stereocenters. The third-order valence-electron chi connectivity index (χ3n) is 4.13. The first-order valence-corrected chi connectivity index (χ1v) is 5.50. The van der Waals surface area contributed by atoms with Gasteiger partial charge in [0.2, 0.25) is 0 Å². The Labute approximate surface area is 86.6 Å². The van der Waals surface area contributed by atoms with Gasteiger partial charge in [-0.3, -0.25) is 0 Å². The van der Waals surface area contributed by atoms with E-state index in [0.717, 1.165) is 25.9 Å². The Morgan fingerprint density at radius 1 is 1.13 bits per heavy atom. The van der Waals surface area contributed by atoms with Crippen LogP contribution in [-0.2, 0) is 0 Å². The van der Waals surface area contributed by atoms with Crippen LogP contribution in [-0.4, -0.2) is 30.8 Å². The highest BCUT2D eigenvalue weighted by molar-refractivity contribution is 5.14. The third kappa shape index (κ3) is 1.40. The maximum absolute atomic E-state index is 12.6. The smallest absolute Gasteiger partial charge is 0.316 e. The van der Waals surface area contributed by atoms with Gasteiger partial charge >= 0.3 is 6.18 Å². The van der Waals surface area contributed by atoms with Crippen LogP contribution in [0.3, 0.4) is 0 Å². The van der Waals surface area contributed by atoms with E-state index < -0.39 is 11.7 Å². The maximum Gasteiger partial charge on any atom is 0.406 e. The van der Waals surface area contributed by atoms with Crippen LogP contribution in [0, 0.1) is 5.41 Å². The van der Waals surface area contributed by atoms with Crippen LogP contribution in [0.5, 0.6) is 0 Å². The van der Waals surface area contributed by atoms with E-state index in [4.69, 9.17) is 0 Å². The molecular weight excluding hydrogens is 205 g/mol. The molecule has 0 bridgehead atoms. The standard InChI is InChI=1S/C10H15F3N2/c11-10(12,13)9(1-2-9)15-7-3-8(4-7)5-14-6-8/h7,14-15H,1-6H2. The van der Waals surface area contributed by atoms with Gasteiger partial charge in [-0.15, -0.1) is 0 Å². The molecule has 3 fully saturated rings. The van der Waals surface area contributed by atoms with E-state index in [1.54, 1.807) is 0 Å². The number of halogens is 3. The molecule has 2 aliphatic carbocycles. The summed E-state index contributed by atoms with van der Waals surface area (Å²) in [6.07, 6.45) is -1.71. The van der Waals surface area contributed by atoms with E-state index in [1.807, 2.05) is 0 Å². The topological polar surface area (TPSA) is 24.1 Å². The minimum absolute atomic E-state index is 0.0937. The van der Waals surface area contributed by atoms with E-state index in [1.165, 1.54) is 0 Å². The fourth-order valence-electron chi connectivity index (χ4n) is 2.88. The molecule has 3 aliphatic rings. The molecule has 1 aliphatic heterocycles. The Hall–Kier alpha value is -0.290. The van der Waals surface area contributed by atoms with Gasteiger partial charge in [0.05, 0.1) is 0 Å². The zero-order chi connectivity index (χ0) is 10.7. The Morgan fingerprint density at radius 2 is 1.73 bits per heavy atom. The quantitative estimate of drug-likeness (QED) is 0.735. The van der Waals surface area contributed by atoms with Gasteiger partial charge in [-0.05, 0) is 31.1 Å². The summed E-state index contributed by atoms with van der Waals surface area (Å²) in [5.74, 6) is 0. The molecule has 2 N–H and O–H groups in total. The van der Waals surface area contributed by atoms with Gasteiger partial charge < -0.3 is 10.6 Å². The van der Waals surface area contributed by atoms with Crippen molar-refractivity contribution in [3.63, 3.8) is 0 Å². The highest BCUT2D eigenvalue weighted by atomic mass is 19.4. The largest absolute Gasteiger partial charge is 0.406 e. The predicted molar refractivity (Wildman–Crippen MR) is 49.5 cm³/mol. The molecule has 0 aromatic heterocycles. The van der Waals surface area contributed by atoms with Gasteiger partial charge in [-0.1, -0.05) is 0 Å². The second-order valence-corrected chi connectivity index (χ2v) is 5.43. The molecule has 15 heavy (non-hydrogen) atoms. The second kappa shape index (κ2) is 2.69. The van der Waals surface area contributed by atoms with Crippen molar-refractivity contribution in [2.45, 2.75) is 43.4 Å². The van der Waals surface area contributed by atoms with Gasteiger partial charge in [0, 0.05) is 19.1 Å². The van der Waals surface area contributed by atoms with Crippen molar-refractivity contribution in [2.24, 2.45) is 5.41 Å². The average molecular weight is 220 g/mol. The van der Waals surface area contributed by atoms with Crippen LogP contribution in [0.25, 0.3) is 0 Å². The van der Waals surface area contributed by atoms with Crippen LogP contribution < -0.4 is 10.6 Å². The zero-order valence-corrected chi connectivity index (χ0v) is 8.45. The van der Waals surface area contributed by atoms with Crippen molar-refractivity contribution in [1.82, 2.24) is 10.6 Å². The molecule has 1 heterocycles. The molecule has 0 aromatic rings. The molecule has 2 saturated carbocycles. The fourth-order valence-corrected chi connectivity index (χ4v) is 2.88. The van der Waals surface area contributed by atoms with Gasteiger partial charge in [0.1, 0.15) is 5.54 Å². The van der Waals surface area contributed by atoms with Gasteiger partial charge in [0.15, 0.2) is 0 Å². The van der Waals surface area contributed by atoms with Gasteiger partial charge in [0.25, 0.3) is 0 Å². The summed E-state index contributed by atoms with van der Waals surface area (Å²) in [4.78, 5) is 0. The molecule has 0 unspecified atom stereocenters. The first-order valence-electron chi connectivity index (χ1n) is 5.50.